The van der Waals surface area contributed by atoms with Crippen LogP contribution < -0.4 is 5.32 Å². The van der Waals surface area contributed by atoms with Crippen molar-refractivity contribution < 1.29 is 14.3 Å². The van der Waals surface area contributed by atoms with E-state index in [1.54, 1.807) is 6.07 Å². The van der Waals surface area contributed by atoms with Gasteiger partial charge in [-0.05, 0) is 75.3 Å². The number of pyridine rings is 1. The van der Waals surface area contributed by atoms with Crippen molar-refractivity contribution in [3.63, 3.8) is 0 Å². The molecule has 1 amide bonds. The average molecular weight is 328 g/mol. The lowest BCUT2D eigenvalue weighted by molar-refractivity contribution is -0.172. The summed E-state index contributed by atoms with van der Waals surface area (Å²) >= 11 is 0. The Labute approximate surface area is 142 Å². The Morgan fingerprint density at radius 1 is 1.17 bits per heavy atom. The van der Waals surface area contributed by atoms with Crippen molar-refractivity contribution in [2.45, 2.75) is 45.4 Å². The smallest absolute Gasteiger partial charge is 0.312 e. The molecule has 4 bridgehead atoms. The number of carbonyl (C=O) groups excluding carboxylic acids is 2. The topological polar surface area (TPSA) is 68.3 Å². The molecular formula is C19H24N2O3. The molecule has 4 saturated carbocycles. The molecule has 5 nitrogen and oxygen atoms in total. The van der Waals surface area contributed by atoms with Crippen LogP contribution in [0.2, 0.25) is 0 Å². The first-order chi connectivity index (χ1) is 11.5. The summed E-state index contributed by atoms with van der Waals surface area (Å²) in [6, 6.07) is 5.42. The lowest BCUT2D eigenvalue weighted by atomic mass is 9.49. The van der Waals surface area contributed by atoms with E-state index in [1.165, 1.54) is 19.3 Å². The van der Waals surface area contributed by atoms with Crippen molar-refractivity contribution in [1.82, 2.24) is 4.98 Å². The molecule has 1 N–H and O–H groups in total. The third-order valence-corrected chi connectivity index (χ3v) is 5.96. The number of hydrogen-bond acceptors (Lipinski definition) is 4. The van der Waals surface area contributed by atoms with Crippen LogP contribution in [0, 0.1) is 30.1 Å². The van der Waals surface area contributed by atoms with Gasteiger partial charge in [0.05, 0.1) is 5.41 Å². The Morgan fingerprint density at radius 3 is 2.38 bits per heavy atom. The summed E-state index contributed by atoms with van der Waals surface area (Å²) < 4.78 is 5.41. The SMILES string of the molecule is Cc1cccc(NC(=O)COC(=O)C23CC4CC(CC(C4)C2)C3)n1. The Balaban J connectivity index is 1.34. The molecule has 0 radical (unpaired) electrons. The van der Waals surface area contributed by atoms with Crippen LogP contribution in [-0.2, 0) is 14.3 Å². The normalized spacial score (nSPS) is 33.3. The van der Waals surface area contributed by atoms with Gasteiger partial charge in [0, 0.05) is 5.69 Å². The van der Waals surface area contributed by atoms with Gasteiger partial charge in [-0.2, -0.15) is 0 Å². The Kier molecular flexibility index (Phi) is 3.82. The van der Waals surface area contributed by atoms with Crippen molar-refractivity contribution in [2.24, 2.45) is 23.2 Å². The van der Waals surface area contributed by atoms with E-state index < -0.39 is 0 Å². The Bertz CT molecular complexity index is 635. The second-order valence-electron chi connectivity index (χ2n) is 7.99. The highest BCUT2D eigenvalue weighted by atomic mass is 16.5. The highest BCUT2D eigenvalue weighted by Gasteiger charge is 2.55. The van der Waals surface area contributed by atoms with Gasteiger partial charge in [0.1, 0.15) is 5.82 Å². The fourth-order valence-corrected chi connectivity index (χ4v) is 5.44. The van der Waals surface area contributed by atoms with Crippen molar-refractivity contribution in [3.8, 4) is 0 Å². The lowest BCUT2D eigenvalue weighted by Gasteiger charge is -2.55. The maximum Gasteiger partial charge on any atom is 0.312 e. The van der Waals surface area contributed by atoms with Gasteiger partial charge in [-0.1, -0.05) is 6.07 Å². The number of amides is 1. The van der Waals surface area contributed by atoms with E-state index in [0.29, 0.717) is 23.6 Å². The molecule has 1 aromatic heterocycles. The molecule has 4 fully saturated rings. The van der Waals surface area contributed by atoms with E-state index in [0.717, 1.165) is 25.0 Å². The zero-order chi connectivity index (χ0) is 16.7. The van der Waals surface area contributed by atoms with Crippen molar-refractivity contribution in [3.05, 3.63) is 23.9 Å². The first kappa shape index (κ1) is 15.6. The van der Waals surface area contributed by atoms with Crippen LogP contribution >= 0.6 is 0 Å². The molecule has 24 heavy (non-hydrogen) atoms. The average Bonchev–Trinajstić information content (AvgIpc) is 2.51. The van der Waals surface area contributed by atoms with Gasteiger partial charge in [0.2, 0.25) is 0 Å². The number of rotatable bonds is 4. The molecule has 5 rings (SSSR count). The number of esters is 1. The zero-order valence-electron chi connectivity index (χ0n) is 14.1. The van der Waals surface area contributed by atoms with Gasteiger partial charge in [-0.15, -0.1) is 0 Å². The summed E-state index contributed by atoms with van der Waals surface area (Å²) in [7, 11) is 0. The van der Waals surface area contributed by atoms with Crippen LogP contribution in [0.5, 0.6) is 0 Å². The van der Waals surface area contributed by atoms with E-state index in [1.807, 2.05) is 19.1 Å². The molecule has 4 aliphatic rings. The maximum absolute atomic E-state index is 12.7. The molecule has 0 aromatic carbocycles. The van der Waals surface area contributed by atoms with Gasteiger partial charge < -0.3 is 10.1 Å². The summed E-state index contributed by atoms with van der Waals surface area (Å²) in [4.78, 5) is 28.9. The standard InChI is InChI=1S/C19H24N2O3/c1-12-3-2-4-16(20-12)21-17(22)11-24-18(23)19-8-13-5-14(9-19)7-15(6-13)10-19/h2-4,13-15H,5-11H2,1H3,(H,20,21,22). The quantitative estimate of drug-likeness (QED) is 0.863. The molecule has 0 spiro atoms. The molecule has 0 unspecified atom stereocenters. The summed E-state index contributed by atoms with van der Waals surface area (Å²) in [5.74, 6) is 2.07. The predicted octanol–water partition coefficient (Wildman–Crippen LogP) is 3.09. The number of aromatic nitrogens is 1. The van der Waals surface area contributed by atoms with Crippen LogP contribution in [0.3, 0.4) is 0 Å². The van der Waals surface area contributed by atoms with Gasteiger partial charge in [0.15, 0.2) is 6.61 Å². The third-order valence-electron chi connectivity index (χ3n) is 5.96. The number of carbonyl (C=O) groups is 2. The Hall–Kier alpha value is -1.91. The summed E-state index contributed by atoms with van der Waals surface area (Å²) in [5, 5.41) is 2.68. The van der Waals surface area contributed by atoms with Crippen LogP contribution in [0.25, 0.3) is 0 Å². The number of nitrogens with zero attached hydrogens (tertiary/aromatic N) is 1. The van der Waals surface area contributed by atoms with E-state index >= 15 is 0 Å². The van der Waals surface area contributed by atoms with Gasteiger partial charge in [0.25, 0.3) is 5.91 Å². The number of nitrogens with one attached hydrogen (secondary N) is 1. The monoisotopic (exact) mass is 328 g/mol. The molecule has 128 valence electrons. The predicted molar refractivity (Wildman–Crippen MR) is 89.2 cm³/mol. The van der Waals surface area contributed by atoms with Gasteiger partial charge in [-0.25, -0.2) is 4.98 Å². The fraction of sp³-hybridized carbons (Fsp3) is 0.632. The molecular weight excluding hydrogens is 304 g/mol. The molecule has 0 atom stereocenters. The third kappa shape index (κ3) is 2.92. The maximum atomic E-state index is 12.7. The minimum Gasteiger partial charge on any atom is -0.455 e. The van der Waals surface area contributed by atoms with E-state index in [4.69, 9.17) is 4.74 Å². The highest BCUT2D eigenvalue weighted by Crippen LogP contribution is 2.60. The molecule has 4 aliphatic carbocycles. The van der Waals surface area contributed by atoms with Crippen molar-refractivity contribution in [1.29, 1.82) is 0 Å². The van der Waals surface area contributed by atoms with E-state index in [-0.39, 0.29) is 23.9 Å². The number of anilines is 1. The van der Waals surface area contributed by atoms with Gasteiger partial charge in [-0.3, -0.25) is 9.59 Å². The Morgan fingerprint density at radius 2 is 1.79 bits per heavy atom. The number of aryl methyl sites for hydroxylation is 1. The second kappa shape index (κ2) is 5.87. The fourth-order valence-electron chi connectivity index (χ4n) is 5.44. The number of hydrogen-bond donors (Lipinski definition) is 1. The van der Waals surface area contributed by atoms with E-state index in [2.05, 4.69) is 10.3 Å². The second-order valence-corrected chi connectivity index (χ2v) is 7.99. The summed E-state index contributed by atoms with van der Waals surface area (Å²) in [6.07, 6.45) is 6.72. The highest BCUT2D eigenvalue weighted by molar-refractivity contribution is 5.92. The minimum atomic E-state index is -0.328. The summed E-state index contributed by atoms with van der Waals surface area (Å²) in [5.41, 5.74) is 0.523. The van der Waals surface area contributed by atoms with E-state index in [9.17, 15) is 9.59 Å². The van der Waals surface area contributed by atoms with Crippen LogP contribution in [0.1, 0.15) is 44.2 Å². The lowest BCUT2D eigenvalue weighted by Crippen LogP contribution is -2.50. The molecule has 0 aliphatic heterocycles. The largest absolute Gasteiger partial charge is 0.455 e. The van der Waals surface area contributed by atoms with Crippen LogP contribution in [-0.4, -0.2) is 23.5 Å². The molecule has 5 heteroatoms. The van der Waals surface area contributed by atoms with Crippen LogP contribution in [0.4, 0.5) is 5.82 Å². The van der Waals surface area contributed by atoms with Crippen molar-refractivity contribution in [2.75, 3.05) is 11.9 Å². The first-order valence-electron chi connectivity index (χ1n) is 8.93. The molecule has 1 heterocycles. The summed E-state index contributed by atoms with van der Waals surface area (Å²) in [6.45, 7) is 1.64. The van der Waals surface area contributed by atoms with Crippen molar-refractivity contribution >= 4 is 17.7 Å². The number of ether oxygens (including phenoxy) is 1. The zero-order valence-corrected chi connectivity index (χ0v) is 14.1. The van der Waals surface area contributed by atoms with Crippen LogP contribution in [0.15, 0.2) is 18.2 Å². The molecule has 1 aromatic rings. The molecule has 0 saturated heterocycles. The van der Waals surface area contributed by atoms with Gasteiger partial charge >= 0.3 is 5.97 Å². The minimum absolute atomic E-state index is 0.158. The first-order valence-corrected chi connectivity index (χ1v) is 8.93.